The van der Waals surface area contributed by atoms with E-state index in [1.165, 1.54) is 0 Å². The summed E-state index contributed by atoms with van der Waals surface area (Å²) in [5, 5.41) is 0. The Morgan fingerprint density at radius 2 is 1.53 bits per heavy atom. The van der Waals surface area contributed by atoms with Crippen LogP contribution in [0.1, 0.15) is 34.6 Å². The highest BCUT2D eigenvalue weighted by atomic mass is 79.9. The third-order valence-electron chi connectivity index (χ3n) is 2.23. The van der Waals surface area contributed by atoms with Crippen molar-refractivity contribution in [1.82, 2.24) is 0 Å². The minimum Gasteiger partial charge on any atom is -0.462 e. The number of esters is 2. The minimum atomic E-state index is -0.662. The minimum absolute atomic E-state index is 0.00144. The van der Waals surface area contributed by atoms with Crippen molar-refractivity contribution in [2.45, 2.75) is 13.8 Å². The van der Waals surface area contributed by atoms with E-state index in [-0.39, 0.29) is 30.0 Å². The van der Waals surface area contributed by atoms with Gasteiger partial charge in [-0.05, 0) is 51.8 Å². The third-order valence-corrected chi connectivity index (χ3v) is 3.51. The molecule has 1 aromatic carbocycles. The Hall–Kier alpha value is -1.08. The van der Waals surface area contributed by atoms with Crippen molar-refractivity contribution in [3.63, 3.8) is 0 Å². The number of carbonyl (C=O) groups excluding carboxylic acids is 2. The Morgan fingerprint density at radius 3 is 2.00 bits per heavy atom. The largest absolute Gasteiger partial charge is 0.462 e. The van der Waals surface area contributed by atoms with Crippen LogP contribution in [0.4, 0.5) is 5.69 Å². The smallest absolute Gasteiger partial charge is 0.341 e. The maximum atomic E-state index is 11.9. The molecule has 0 fully saturated rings. The van der Waals surface area contributed by atoms with E-state index in [0.29, 0.717) is 8.95 Å². The van der Waals surface area contributed by atoms with Crippen LogP contribution in [0.2, 0.25) is 0 Å². The lowest BCUT2D eigenvalue weighted by Gasteiger charge is -2.13. The Morgan fingerprint density at radius 1 is 1.05 bits per heavy atom. The van der Waals surface area contributed by atoms with Gasteiger partial charge in [0.2, 0.25) is 0 Å². The molecule has 0 amide bonds. The monoisotopic (exact) mass is 393 g/mol. The molecule has 1 rings (SSSR count). The van der Waals surface area contributed by atoms with E-state index in [4.69, 9.17) is 15.2 Å². The van der Waals surface area contributed by atoms with Crippen molar-refractivity contribution >= 4 is 49.5 Å². The molecule has 0 aromatic heterocycles. The summed E-state index contributed by atoms with van der Waals surface area (Å²) < 4.78 is 10.8. The SMILES string of the molecule is CCOC(=O)c1c(Br)cc(Br)c(N)c1C(=O)OCC. The molecule has 0 spiro atoms. The predicted molar refractivity (Wildman–Crippen MR) is 78.2 cm³/mol. The summed E-state index contributed by atoms with van der Waals surface area (Å²) in [6.45, 7) is 3.73. The van der Waals surface area contributed by atoms with Crippen LogP contribution in [0, 0.1) is 0 Å². The van der Waals surface area contributed by atoms with E-state index >= 15 is 0 Å². The number of hydrogen-bond donors (Lipinski definition) is 1. The first-order chi connectivity index (χ1) is 8.93. The number of nitrogen functional groups attached to an aromatic ring is 1. The quantitative estimate of drug-likeness (QED) is 0.626. The van der Waals surface area contributed by atoms with Gasteiger partial charge in [-0.25, -0.2) is 9.59 Å². The van der Waals surface area contributed by atoms with Gasteiger partial charge in [0.15, 0.2) is 0 Å². The highest BCUT2D eigenvalue weighted by Gasteiger charge is 2.26. The Kier molecular flexibility index (Phi) is 5.81. The number of hydrogen-bond acceptors (Lipinski definition) is 5. The van der Waals surface area contributed by atoms with E-state index in [2.05, 4.69) is 31.9 Å². The molecule has 0 aliphatic carbocycles. The van der Waals surface area contributed by atoms with Crippen LogP contribution in [-0.4, -0.2) is 25.2 Å². The molecule has 19 heavy (non-hydrogen) atoms. The second-order valence-electron chi connectivity index (χ2n) is 3.44. The number of carbonyl (C=O) groups is 2. The second kappa shape index (κ2) is 6.91. The van der Waals surface area contributed by atoms with Crippen molar-refractivity contribution < 1.29 is 19.1 Å². The van der Waals surface area contributed by atoms with Gasteiger partial charge in [-0.15, -0.1) is 0 Å². The summed E-state index contributed by atoms with van der Waals surface area (Å²) in [6, 6.07) is 1.59. The summed E-state index contributed by atoms with van der Waals surface area (Å²) in [6.07, 6.45) is 0. The molecule has 0 saturated carbocycles. The zero-order chi connectivity index (χ0) is 14.6. The lowest BCUT2D eigenvalue weighted by Crippen LogP contribution is -2.17. The van der Waals surface area contributed by atoms with Gasteiger partial charge in [0.25, 0.3) is 0 Å². The predicted octanol–water partition coefficient (Wildman–Crippen LogP) is 3.15. The summed E-state index contributed by atoms with van der Waals surface area (Å²) in [4.78, 5) is 23.9. The van der Waals surface area contributed by atoms with E-state index in [9.17, 15) is 9.59 Å². The first-order valence-corrected chi connectivity index (χ1v) is 7.14. The van der Waals surface area contributed by atoms with E-state index < -0.39 is 11.9 Å². The second-order valence-corrected chi connectivity index (χ2v) is 5.15. The molecule has 7 heteroatoms. The van der Waals surface area contributed by atoms with Crippen LogP contribution in [-0.2, 0) is 9.47 Å². The van der Waals surface area contributed by atoms with Crippen LogP contribution in [0.3, 0.4) is 0 Å². The fourth-order valence-corrected chi connectivity index (χ4v) is 2.78. The molecular weight excluding hydrogens is 382 g/mol. The summed E-state index contributed by atoms with van der Waals surface area (Å²) >= 11 is 6.45. The van der Waals surface area contributed by atoms with Crippen LogP contribution >= 0.6 is 31.9 Å². The van der Waals surface area contributed by atoms with Crippen LogP contribution in [0.5, 0.6) is 0 Å². The van der Waals surface area contributed by atoms with Gasteiger partial charge in [0.05, 0.1) is 30.0 Å². The van der Waals surface area contributed by atoms with Gasteiger partial charge in [-0.2, -0.15) is 0 Å². The number of nitrogens with two attached hydrogens (primary N) is 1. The van der Waals surface area contributed by atoms with Gasteiger partial charge < -0.3 is 15.2 Å². The molecule has 0 unspecified atom stereocenters. The van der Waals surface area contributed by atoms with Crippen molar-refractivity contribution in [3.05, 3.63) is 26.1 Å². The Balaban J connectivity index is 3.46. The Labute approximate surface area is 127 Å². The average Bonchev–Trinajstić information content (AvgIpc) is 2.33. The molecule has 5 nitrogen and oxygen atoms in total. The summed E-state index contributed by atoms with van der Waals surface area (Å²) in [7, 11) is 0. The number of ether oxygens (including phenoxy) is 2. The van der Waals surface area contributed by atoms with Crippen molar-refractivity contribution in [1.29, 1.82) is 0 Å². The molecule has 0 radical (unpaired) electrons. The van der Waals surface area contributed by atoms with E-state index in [1.807, 2.05) is 0 Å². The number of halogens is 2. The number of rotatable bonds is 4. The average molecular weight is 395 g/mol. The first-order valence-electron chi connectivity index (χ1n) is 5.55. The molecule has 1 aromatic rings. The van der Waals surface area contributed by atoms with Crippen molar-refractivity contribution in [3.8, 4) is 0 Å². The zero-order valence-corrected chi connectivity index (χ0v) is 13.6. The Bertz CT molecular complexity index is 517. The molecule has 0 atom stereocenters. The summed E-state index contributed by atoms with van der Waals surface area (Å²) in [5.74, 6) is -1.29. The molecule has 0 saturated heterocycles. The third kappa shape index (κ3) is 3.48. The maximum Gasteiger partial charge on any atom is 0.341 e. The number of benzene rings is 1. The molecule has 0 bridgehead atoms. The first kappa shape index (κ1) is 16.0. The van der Waals surface area contributed by atoms with Gasteiger partial charge in [-0.3, -0.25) is 0 Å². The highest BCUT2D eigenvalue weighted by molar-refractivity contribution is 9.11. The molecule has 104 valence electrons. The lowest BCUT2D eigenvalue weighted by molar-refractivity contribution is 0.0479. The highest BCUT2D eigenvalue weighted by Crippen LogP contribution is 2.33. The molecular formula is C12H13Br2NO4. The van der Waals surface area contributed by atoms with E-state index in [1.54, 1.807) is 19.9 Å². The fourth-order valence-electron chi connectivity index (χ4n) is 1.45. The topological polar surface area (TPSA) is 78.6 Å². The van der Waals surface area contributed by atoms with Gasteiger partial charge >= 0.3 is 11.9 Å². The lowest BCUT2D eigenvalue weighted by atomic mass is 10.1. The van der Waals surface area contributed by atoms with Crippen molar-refractivity contribution in [2.75, 3.05) is 18.9 Å². The van der Waals surface area contributed by atoms with Crippen molar-refractivity contribution in [2.24, 2.45) is 0 Å². The van der Waals surface area contributed by atoms with Crippen LogP contribution in [0.15, 0.2) is 15.0 Å². The number of anilines is 1. The molecule has 0 aliphatic heterocycles. The molecule has 0 aliphatic rings. The summed E-state index contributed by atoms with van der Waals surface area (Å²) in [5.41, 5.74) is 6.06. The maximum absolute atomic E-state index is 11.9. The zero-order valence-electron chi connectivity index (χ0n) is 10.5. The van der Waals surface area contributed by atoms with Crippen LogP contribution < -0.4 is 5.73 Å². The normalized spacial score (nSPS) is 10.1. The van der Waals surface area contributed by atoms with E-state index in [0.717, 1.165) is 0 Å². The van der Waals surface area contributed by atoms with Crippen LogP contribution in [0.25, 0.3) is 0 Å². The van der Waals surface area contributed by atoms with Gasteiger partial charge in [0.1, 0.15) is 0 Å². The molecule has 2 N–H and O–H groups in total. The molecule has 0 heterocycles. The standard InChI is InChI=1S/C12H13Br2NO4/c1-3-18-11(16)8-6(13)5-7(14)10(15)9(8)12(17)19-4-2/h5H,3-4,15H2,1-2H3. The fraction of sp³-hybridized carbons (Fsp3) is 0.333. The van der Waals surface area contributed by atoms with Gasteiger partial charge in [0, 0.05) is 8.95 Å². The van der Waals surface area contributed by atoms with Gasteiger partial charge in [-0.1, -0.05) is 0 Å².